The number of rotatable bonds is 5. The summed E-state index contributed by atoms with van der Waals surface area (Å²) >= 11 is 0. The van der Waals surface area contributed by atoms with Crippen LogP contribution in [-0.4, -0.2) is 29.8 Å². The summed E-state index contributed by atoms with van der Waals surface area (Å²) in [5.74, 6) is -0.232. The van der Waals surface area contributed by atoms with E-state index in [1.807, 2.05) is 25.1 Å². The third-order valence-electron chi connectivity index (χ3n) is 7.69. The molecule has 0 spiro atoms. The number of carbonyl (C=O) groups is 2. The Labute approximate surface area is 233 Å². The Hall–Kier alpha value is -4.39. The number of aliphatic carboxylic acids is 1. The van der Waals surface area contributed by atoms with Crippen molar-refractivity contribution in [2.24, 2.45) is 0 Å². The number of carbonyl (C=O) groups excluding carboxylic acids is 1. The molecule has 3 aromatic rings. The maximum Gasteiger partial charge on any atom is 0.335 e. The van der Waals surface area contributed by atoms with Gasteiger partial charge in [0.25, 0.3) is 0 Å². The number of halogens is 1. The molecule has 2 N–H and O–H groups in total. The molecule has 6 nitrogen and oxygen atoms in total. The molecule has 1 aliphatic heterocycles. The highest BCUT2D eigenvalue weighted by Crippen LogP contribution is 2.39. The van der Waals surface area contributed by atoms with Gasteiger partial charge in [0.2, 0.25) is 0 Å². The Morgan fingerprint density at radius 1 is 1.05 bits per heavy atom. The van der Waals surface area contributed by atoms with Gasteiger partial charge in [-0.15, -0.1) is 0 Å². The van der Waals surface area contributed by atoms with Crippen LogP contribution in [0.1, 0.15) is 49.7 Å². The fourth-order valence-electron chi connectivity index (χ4n) is 5.49. The maximum atomic E-state index is 13.5. The number of allylic oxidation sites excluding steroid dienone is 1. The monoisotopic (exact) mass is 540 g/mol. The van der Waals surface area contributed by atoms with Gasteiger partial charge in [-0.3, -0.25) is 4.90 Å². The number of hydrogen-bond acceptors (Lipinski definition) is 3. The fraction of sp³-hybridized carbons (Fsp3) is 0.273. The second kappa shape index (κ2) is 11.4. The number of fused-ring (bicyclic) bond motifs is 1. The largest absolute Gasteiger partial charge is 0.487 e. The average Bonchev–Trinajstić information content (AvgIpc) is 2.94. The predicted molar refractivity (Wildman–Crippen MR) is 156 cm³/mol. The Bertz CT molecular complexity index is 1480. The Morgan fingerprint density at radius 3 is 2.42 bits per heavy atom. The summed E-state index contributed by atoms with van der Waals surface area (Å²) in [5.41, 5.74) is 6.54. The van der Waals surface area contributed by atoms with Crippen molar-refractivity contribution in [1.29, 1.82) is 0 Å². The molecule has 40 heavy (non-hydrogen) atoms. The lowest BCUT2D eigenvalue weighted by Gasteiger charge is -2.34. The minimum Gasteiger partial charge on any atom is -0.487 e. The number of carboxylic acids is 1. The van der Waals surface area contributed by atoms with Crippen LogP contribution >= 0.6 is 0 Å². The smallest absolute Gasteiger partial charge is 0.335 e. The lowest BCUT2D eigenvalue weighted by atomic mass is 9.81. The number of ether oxygens (including phenoxy) is 1. The number of anilines is 2. The predicted octanol–water partition coefficient (Wildman–Crippen LogP) is 7.85. The van der Waals surface area contributed by atoms with Crippen molar-refractivity contribution in [2.45, 2.75) is 51.6 Å². The van der Waals surface area contributed by atoms with Crippen LogP contribution in [0, 0.1) is 12.7 Å². The van der Waals surface area contributed by atoms with Gasteiger partial charge in [0.1, 0.15) is 17.7 Å². The first kappa shape index (κ1) is 27.2. The molecule has 2 aliphatic rings. The van der Waals surface area contributed by atoms with E-state index < -0.39 is 5.97 Å². The van der Waals surface area contributed by atoms with E-state index in [4.69, 9.17) is 9.84 Å². The Kier molecular flexibility index (Phi) is 7.74. The summed E-state index contributed by atoms with van der Waals surface area (Å²) in [4.78, 5) is 25.9. The third-order valence-corrected chi connectivity index (χ3v) is 7.69. The SMILES string of the molecule is C=C(C=C1CCC(c2ccc(-c3ccc4c(c3)OC(C)CN4C(=O)Nc3ccc(F)cc3C)cc2)CC1)C(=O)O. The second-order valence-corrected chi connectivity index (χ2v) is 10.6. The summed E-state index contributed by atoms with van der Waals surface area (Å²) in [6.45, 7) is 7.70. The van der Waals surface area contributed by atoms with Crippen LogP contribution in [-0.2, 0) is 4.79 Å². The number of carboxylic acid groups (broad SMARTS) is 1. The topological polar surface area (TPSA) is 78.9 Å². The zero-order chi connectivity index (χ0) is 28.4. The summed E-state index contributed by atoms with van der Waals surface area (Å²) in [6, 6.07) is 18.4. The van der Waals surface area contributed by atoms with E-state index in [9.17, 15) is 14.0 Å². The highest BCUT2D eigenvalue weighted by molar-refractivity contribution is 6.03. The molecule has 0 bridgehead atoms. The van der Waals surface area contributed by atoms with Gasteiger partial charge in [0.15, 0.2) is 0 Å². The van der Waals surface area contributed by atoms with Crippen LogP contribution in [0.3, 0.4) is 0 Å². The van der Waals surface area contributed by atoms with E-state index in [1.165, 1.54) is 17.7 Å². The number of amides is 2. The molecule has 0 saturated heterocycles. The normalized spacial score (nSPS) is 18.4. The molecule has 1 atom stereocenters. The van der Waals surface area contributed by atoms with Crippen LogP contribution < -0.4 is 15.0 Å². The second-order valence-electron chi connectivity index (χ2n) is 10.6. The van der Waals surface area contributed by atoms with Gasteiger partial charge in [0.05, 0.1) is 17.8 Å². The molecule has 7 heteroatoms. The lowest BCUT2D eigenvalue weighted by molar-refractivity contribution is -0.132. The third kappa shape index (κ3) is 5.93. The summed E-state index contributed by atoms with van der Waals surface area (Å²) < 4.78 is 19.6. The lowest BCUT2D eigenvalue weighted by Crippen LogP contribution is -2.44. The summed E-state index contributed by atoms with van der Waals surface area (Å²) in [7, 11) is 0. The molecule has 2 amide bonds. The average molecular weight is 541 g/mol. The molecular formula is C33H33FN2O4. The number of nitrogens with zero attached hydrogens (tertiary/aromatic N) is 1. The van der Waals surface area contributed by atoms with E-state index in [0.29, 0.717) is 35.2 Å². The van der Waals surface area contributed by atoms with Crippen LogP contribution in [0.2, 0.25) is 0 Å². The van der Waals surface area contributed by atoms with Crippen molar-refractivity contribution >= 4 is 23.4 Å². The highest BCUT2D eigenvalue weighted by atomic mass is 19.1. The van der Waals surface area contributed by atoms with Gasteiger partial charge < -0.3 is 15.2 Å². The van der Waals surface area contributed by atoms with E-state index >= 15 is 0 Å². The molecule has 1 unspecified atom stereocenters. The van der Waals surface area contributed by atoms with Crippen molar-refractivity contribution in [3.05, 3.63) is 101 Å². The minimum absolute atomic E-state index is 0.146. The Balaban J connectivity index is 1.29. The van der Waals surface area contributed by atoms with Gasteiger partial charge in [-0.25, -0.2) is 14.0 Å². The van der Waals surface area contributed by atoms with Crippen LogP contribution in [0.15, 0.2) is 84.5 Å². The first-order valence-electron chi connectivity index (χ1n) is 13.6. The first-order chi connectivity index (χ1) is 19.2. The minimum atomic E-state index is -0.969. The summed E-state index contributed by atoms with van der Waals surface area (Å²) in [5, 5.41) is 12.0. The molecule has 0 radical (unpaired) electrons. The van der Waals surface area contributed by atoms with Gasteiger partial charge in [0, 0.05) is 5.69 Å². The number of hydrogen-bond donors (Lipinski definition) is 2. The van der Waals surface area contributed by atoms with E-state index in [1.54, 1.807) is 24.0 Å². The molecule has 5 rings (SSSR count). The molecule has 3 aromatic carbocycles. The fourth-order valence-corrected chi connectivity index (χ4v) is 5.49. The van der Waals surface area contributed by atoms with Crippen molar-refractivity contribution in [3.8, 4) is 16.9 Å². The molecule has 206 valence electrons. The standard InChI is InChI=1S/C33H33FN2O4/c1-20-17-28(34)13-14-29(20)35-33(39)36-19-22(3)40-31-18-27(12-15-30(31)36)26-10-8-25(9-11-26)24-6-4-23(5-7-24)16-21(2)32(37)38/h8-18,22,24H,2,4-7,19H2,1,3H3,(H,35,39)(H,37,38). The van der Waals surface area contributed by atoms with Crippen molar-refractivity contribution < 1.29 is 23.8 Å². The van der Waals surface area contributed by atoms with Gasteiger partial charge in [-0.05, 0) is 104 Å². The van der Waals surface area contributed by atoms with Gasteiger partial charge >= 0.3 is 12.0 Å². The zero-order valence-electron chi connectivity index (χ0n) is 22.7. The quantitative estimate of drug-likeness (QED) is 0.323. The van der Waals surface area contributed by atoms with E-state index in [-0.39, 0.29) is 23.5 Å². The van der Waals surface area contributed by atoms with Crippen molar-refractivity contribution in [3.63, 3.8) is 0 Å². The van der Waals surface area contributed by atoms with Crippen molar-refractivity contribution in [1.82, 2.24) is 0 Å². The maximum absolute atomic E-state index is 13.5. The van der Waals surface area contributed by atoms with E-state index in [2.05, 4.69) is 36.2 Å². The number of urea groups is 1. The molecule has 1 saturated carbocycles. The molecular weight excluding hydrogens is 507 g/mol. The molecule has 1 aliphatic carbocycles. The van der Waals surface area contributed by atoms with Crippen LogP contribution in [0.4, 0.5) is 20.6 Å². The Morgan fingerprint density at radius 2 is 1.75 bits per heavy atom. The zero-order valence-corrected chi connectivity index (χ0v) is 22.7. The van der Waals surface area contributed by atoms with Gasteiger partial charge in [-0.2, -0.15) is 0 Å². The first-order valence-corrected chi connectivity index (χ1v) is 13.6. The molecule has 0 aromatic heterocycles. The van der Waals surface area contributed by atoms with E-state index in [0.717, 1.165) is 42.4 Å². The highest BCUT2D eigenvalue weighted by Gasteiger charge is 2.28. The molecule has 1 heterocycles. The van der Waals surface area contributed by atoms with Gasteiger partial charge in [-0.1, -0.05) is 42.5 Å². The van der Waals surface area contributed by atoms with Crippen LogP contribution in [0.25, 0.3) is 11.1 Å². The van der Waals surface area contributed by atoms with Crippen LogP contribution in [0.5, 0.6) is 5.75 Å². The summed E-state index contributed by atoms with van der Waals surface area (Å²) in [6.07, 6.45) is 5.25. The van der Waals surface area contributed by atoms with Crippen molar-refractivity contribution in [2.75, 3.05) is 16.8 Å². The number of benzene rings is 3. The molecule has 1 fully saturated rings. The number of nitrogens with one attached hydrogen (secondary N) is 1. The number of aryl methyl sites for hydroxylation is 1.